The van der Waals surface area contributed by atoms with Crippen LogP contribution in [0, 0.1) is 0 Å². The molecule has 1 saturated heterocycles. The van der Waals surface area contributed by atoms with Crippen LogP contribution in [0.3, 0.4) is 0 Å². The molecule has 1 aromatic carbocycles. The zero-order valence-electron chi connectivity index (χ0n) is 19.7. The maximum absolute atomic E-state index is 13.1. The lowest BCUT2D eigenvalue weighted by atomic mass is 10.1. The Kier molecular flexibility index (Phi) is 6.81. The third-order valence-corrected chi connectivity index (χ3v) is 6.49. The first-order chi connectivity index (χ1) is 17.0. The number of nitrogens with one attached hydrogen (secondary N) is 2. The maximum atomic E-state index is 13.1. The van der Waals surface area contributed by atoms with Crippen molar-refractivity contribution in [1.29, 1.82) is 0 Å². The van der Waals surface area contributed by atoms with Gasteiger partial charge in [-0.15, -0.1) is 0 Å². The molecule has 8 heteroatoms. The highest BCUT2D eigenvalue weighted by Gasteiger charge is 2.24. The first-order valence-corrected chi connectivity index (χ1v) is 12.2. The van der Waals surface area contributed by atoms with Crippen molar-refractivity contribution >= 4 is 17.6 Å². The Labute approximate surface area is 204 Å². The minimum absolute atomic E-state index is 0.0478. The zero-order valence-corrected chi connectivity index (χ0v) is 19.7. The van der Waals surface area contributed by atoms with Gasteiger partial charge >= 0.3 is 0 Å². The largest absolute Gasteiger partial charge is 0.468 e. The number of nitrogens with zero attached hydrogens (tertiary/aromatic N) is 2. The molecular formula is C27H30N4O4. The molecule has 1 aliphatic heterocycles. The fraction of sp³-hybridized carbons (Fsp3) is 0.370. The molecule has 182 valence electrons. The third kappa shape index (κ3) is 5.89. The summed E-state index contributed by atoms with van der Waals surface area (Å²) < 4.78 is 5.51. The van der Waals surface area contributed by atoms with Crippen molar-refractivity contribution in [2.75, 3.05) is 19.6 Å². The smallest absolute Gasteiger partial charge is 0.270 e. The zero-order chi connectivity index (χ0) is 24.2. The highest BCUT2D eigenvalue weighted by atomic mass is 16.3. The van der Waals surface area contributed by atoms with Crippen LogP contribution < -0.4 is 5.32 Å². The fourth-order valence-corrected chi connectivity index (χ4v) is 4.37. The first kappa shape index (κ1) is 23.1. The van der Waals surface area contributed by atoms with Crippen LogP contribution in [0.2, 0.25) is 0 Å². The average Bonchev–Trinajstić information content (AvgIpc) is 3.31. The van der Waals surface area contributed by atoms with Gasteiger partial charge in [0.25, 0.3) is 11.8 Å². The van der Waals surface area contributed by atoms with E-state index in [1.54, 1.807) is 18.5 Å². The molecule has 0 atom stereocenters. The quantitative estimate of drug-likeness (QED) is 0.438. The predicted octanol–water partition coefficient (Wildman–Crippen LogP) is 3.62. The lowest BCUT2D eigenvalue weighted by molar-refractivity contribution is 0.0787. The Hall–Kier alpha value is -3.65. The molecule has 1 saturated carbocycles. The number of Topliss-reactive ketones (excluding diaryl/α,β-unsaturated/α-hetero) is 1. The molecule has 0 spiro atoms. The molecule has 35 heavy (non-hydrogen) atoms. The summed E-state index contributed by atoms with van der Waals surface area (Å²) in [4.78, 5) is 44.8. The minimum atomic E-state index is -0.0753. The van der Waals surface area contributed by atoms with E-state index in [9.17, 15) is 14.4 Å². The van der Waals surface area contributed by atoms with Crippen LogP contribution in [-0.4, -0.2) is 58.1 Å². The molecule has 2 fully saturated rings. The Morgan fingerprint density at radius 3 is 2.49 bits per heavy atom. The van der Waals surface area contributed by atoms with Gasteiger partial charge in [0.15, 0.2) is 5.78 Å². The second kappa shape index (κ2) is 10.3. The summed E-state index contributed by atoms with van der Waals surface area (Å²) >= 11 is 0. The van der Waals surface area contributed by atoms with Crippen LogP contribution in [0.1, 0.15) is 68.2 Å². The number of H-pyrrole nitrogens is 1. The van der Waals surface area contributed by atoms with Gasteiger partial charge in [0.2, 0.25) is 0 Å². The molecule has 0 radical (unpaired) electrons. The predicted molar refractivity (Wildman–Crippen MR) is 130 cm³/mol. The van der Waals surface area contributed by atoms with E-state index < -0.39 is 0 Å². The van der Waals surface area contributed by atoms with Crippen LogP contribution in [-0.2, 0) is 13.1 Å². The SMILES string of the molecule is O=C(CN(Cc1ccc(C(=O)NC2CC2)cc1)Cc1ccco1)c1c[nH]c(C(=O)N2CCCC2)c1. The van der Waals surface area contributed by atoms with Crippen molar-refractivity contribution in [3.63, 3.8) is 0 Å². The standard InChI is InChI=1S/C27H30N4O4/c32-25(21-14-24(28-15-21)27(34)31-11-1-2-12-31)18-30(17-23-4-3-13-35-23)16-19-5-7-20(8-6-19)26(33)29-22-9-10-22/h3-8,13-15,22,28H,1-2,9-12,16-18H2,(H,29,33). The summed E-state index contributed by atoms with van der Waals surface area (Å²) in [5.41, 5.74) is 2.57. The van der Waals surface area contributed by atoms with E-state index in [1.165, 1.54) is 0 Å². The molecule has 2 aliphatic rings. The Bertz CT molecular complexity index is 1170. The summed E-state index contributed by atoms with van der Waals surface area (Å²) in [6.45, 7) is 2.67. The topological polar surface area (TPSA) is 98.6 Å². The number of ketones is 1. The van der Waals surface area contributed by atoms with Crippen LogP contribution in [0.4, 0.5) is 0 Å². The number of hydrogen-bond donors (Lipinski definition) is 2. The summed E-state index contributed by atoms with van der Waals surface area (Å²) in [5, 5.41) is 3.00. The van der Waals surface area contributed by atoms with E-state index in [1.807, 2.05) is 46.2 Å². The summed E-state index contributed by atoms with van der Waals surface area (Å²) in [6, 6.07) is 13.2. The molecule has 3 aromatic rings. The number of carbonyl (C=O) groups is 3. The number of amides is 2. The fourth-order valence-electron chi connectivity index (χ4n) is 4.37. The number of hydrogen-bond acceptors (Lipinski definition) is 5. The number of carbonyl (C=O) groups excluding carboxylic acids is 3. The van der Waals surface area contributed by atoms with E-state index >= 15 is 0 Å². The molecule has 2 amide bonds. The van der Waals surface area contributed by atoms with Crippen molar-refractivity contribution in [2.24, 2.45) is 0 Å². The van der Waals surface area contributed by atoms with Gasteiger partial charge in [-0.2, -0.15) is 0 Å². The average molecular weight is 475 g/mol. The van der Waals surface area contributed by atoms with Gasteiger partial charge < -0.3 is 19.6 Å². The number of likely N-dealkylation sites (tertiary alicyclic amines) is 1. The van der Waals surface area contributed by atoms with E-state index in [-0.39, 0.29) is 24.1 Å². The van der Waals surface area contributed by atoms with Crippen molar-refractivity contribution in [3.05, 3.63) is 83.1 Å². The van der Waals surface area contributed by atoms with Gasteiger partial charge in [0.1, 0.15) is 11.5 Å². The molecule has 8 nitrogen and oxygen atoms in total. The summed E-state index contributed by atoms with van der Waals surface area (Å²) in [6.07, 6.45) is 7.37. The van der Waals surface area contributed by atoms with E-state index in [2.05, 4.69) is 10.3 Å². The van der Waals surface area contributed by atoms with Crippen LogP contribution in [0.5, 0.6) is 0 Å². The van der Waals surface area contributed by atoms with E-state index in [0.29, 0.717) is 36.0 Å². The number of rotatable bonds is 10. The van der Waals surface area contributed by atoms with Gasteiger partial charge in [-0.1, -0.05) is 12.1 Å². The second-order valence-electron chi connectivity index (χ2n) is 9.39. The van der Waals surface area contributed by atoms with Crippen LogP contribution >= 0.6 is 0 Å². The van der Waals surface area contributed by atoms with Crippen molar-refractivity contribution in [3.8, 4) is 0 Å². The molecule has 0 bridgehead atoms. The lowest BCUT2D eigenvalue weighted by Gasteiger charge is -2.20. The number of furan rings is 1. The number of aromatic amines is 1. The highest BCUT2D eigenvalue weighted by molar-refractivity contribution is 6.01. The summed E-state index contributed by atoms with van der Waals surface area (Å²) in [5.74, 6) is 0.583. The van der Waals surface area contributed by atoms with Gasteiger partial charge in [-0.25, -0.2) is 0 Å². The van der Waals surface area contributed by atoms with Crippen molar-refractivity contribution in [2.45, 2.75) is 44.8 Å². The molecule has 0 unspecified atom stereocenters. The molecule has 2 N–H and O–H groups in total. The summed E-state index contributed by atoms with van der Waals surface area (Å²) in [7, 11) is 0. The van der Waals surface area contributed by atoms with Crippen LogP contribution in [0.15, 0.2) is 59.3 Å². The Morgan fingerprint density at radius 1 is 1.03 bits per heavy atom. The van der Waals surface area contributed by atoms with Gasteiger partial charge in [0.05, 0.1) is 19.4 Å². The van der Waals surface area contributed by atoms with Gasteiger partial charge in [-0.05, 0) is 61.6 Å². The second-order valence-corrected chi connectivity index (χ2v) is 9.39. The minimum Gasteiger partial charge on any atom is -0.468 e. The van der Waals surface area contributed by atoms with Gasteiger partial charge in [-0.3, -0.25) is 19.3 Å². The first-order valence-electron chi connectivity index (χ1n) is 12.2. The van der Waals surface area contributed by atoms with Crippen molar-refractivity contribution < 1.29 is 18.8 Å². The van der Waals surface area contributed by atoms with E-state index in [4.69, 9.17) is 4.42 Å². The molecule has 3 heterocycles. The Balaban J connectivity index is 1.25. The molecular weight excluding hydrogens is 444 g/mol. The number of benzene rings is 1. The van der Waals surface area contributed by atoms with Crippen LogP contribution in [0.25, 0.3) is 0 Å². The molecule has 5 rings (SSSR count). The molecule has 2 aromatic heterocycles. The van der Waals surface area contributed by atoms with Gasteiger partial charge in [0, 0.05) is 43.0 Å². The Morgan fingerprint density at radius 2 is 1.80 bits per heavy atom. The van der Waals surface area contributed by atoms with Crippen molar-refractivity contribution in [1.82, 2.24) is 20.1 Å². The monoisotopic (exact) mass is 474 g/mol. The lowest BCUT2D eigenvalue weighted by Crippen LogP contribution is -2.29. The number of aromatic nitrogens is 1. The molecule has 1 aliphatic carbocycles. The third-order valence-electron chi connectivity index (χ3n) is 6.49. The highest BCUT2D eigenvalue weighted by Crippen LogP contribution is 2.20. The maximum Gasteiger partial charge on any atom is 0.270 e. The normalized spacial score (nSPS) is 15.5. The van der Waals surface area contributed by atoms with E-state index in [0.717, 1.165) is 50.1 Å².